The highest BCUT2D eigenvalue weighted by molar-refractivity contribution is 9.11. The first-order valence-electron chi connectivity index (χ1n) is 5.40. The largest absolute Gasteiger partial charge is 0.386 e. The first-order valence-corrected chi connectivity index (χ1v) is 7.36. The topological polar surface area (TPSA) is 33.1 Å². The van der Waals surface area contributed by atoms with Crippen LogP contribution in [0.5, 0.6) is 0 Å². The van der Waals surface area contributed by atoms with Crippen LogP contribution in [0.4, 0.5) is 4.39 Å². The molecule has 1 heterocycles. The van der Waals surface area contributed by atoms with E-state index in [1.54, 1.807) is 12.3 Å². The van der Waals surface area contributed by atoms with Gasteiger partial charge >= 0.3 is 0 Å². The summed E-state index contributed by atoms with van der Waals surface area (Å²) in [4.78, 5) is 4.15. The monoisotopic (exact) mass is 407 g/mol. The Balaban J connectivity index is 2.25. The van der Waals surface area contributed by atoms with Crippen LogP contribution in [0.3, 0.4) is 0 Å². The fourth-order valence-corrected chi connectivity index (χ4v) is 3.12. The molecule has 2 aromatic rings. The lowest BCUT2D eigenvalue weighted by molar-refractivity contribution is 0.172. The molecule has 100 valence electrons. The van der Waals surface area contributed by atoms with E-state index < -0.39 is 6.10 Å². The van der Waals surface area contributed by atoms with Crippen LogP contribution in [0, 0.1) is 5.82 Å². The number of nitrogens with zero attached hydrogens (tertiary/aromatic N) is 1. The van der Waals surface area contributed by atoms with Crippen LogP contribution < -0.4 is 0 Å². The first kappa shape index (κ1) is 14.9. The second kappa shape index (κ2) is 6.31. The van der Waals surface area contributed by atoms with Crippen molar-refractivity contribution in [2.75, 3.05) is 0 Å². The maximum atomic E-state index is 13.2. The summed E-state index contributed by atoms with van der Waals surface area (Å²) in [7, 11) is 0. The lowest BCUT2D eigenvalue weighted by Crippen LogP contribution is -2.06. The van der Waals surface area contributed by atoms with Crippen molar-refractivity contribution >= 4 is 43.5 Å². The highest BCUT2D eigenvalue weighted by Crippen LogP contribution is 2.28. The van der Waals surface area contributed by atoms with Crippen LogP contribution in [0.1, 0.15) is 17.4 Å². The minimum atomic E-state index is -0.859. The molecule has 19 heavy (non-hydrogen) atoms. The SMILES string of the molecule is OC(Cc1cc(F)ccc1Cl)c1ncc(Br)cc1Br. The van der Waals surface area contributed by atoms with E-state index in [0.29, 0.717) is 20.8 Å². The Kier molecular flexibility index (Phi) is 4.95. The second-order valence-corrected chi connectivity index (χ2v) is 6.15. The molecule has 0 amide bonds. The van der Waals surface area contributed by atoms with Gasteiger partial charge in [0.05, 0.1) is 5.69 Å². The minimum absolute atomic E-state index is 0.198. The first-order chi connectivity index (χ1) is 8.97. The summed E-state index contributed by atoms with van der Waals surface area (Å²) in [5.74, 6) is -0.380. The van der Waals surface area contributed by atoms with Gasteiger partial charge in [0.1, 0.15) is 11.9 Å². The van der Waals surface area contributed by atoms with Crippen molar-refractivity contribution in [1.82, 2.24) is 4.98 Å². The van der Waals surface area contributed by atoms with Gasteiger partial charge in [0, 0.05) is 26.6 Å². The lowest BCUT2D eigenvalue weighted by atomic mass is 10.1. The summed E-state index contributed by atoms with van der Waals surface area (Å²) in [5.41, 5.74) is 1.04. The van der Waals surface area contributed by atoms with Crippen molar-refractivity contribution in [3.63, 3.8) is 0 Å². The number of halogens is 4. The van der Waals surface area contributed by atoms with Gasteiger partial charge in [0.2, 0.25) is 0 Å². The lowest BCUT2D eigenvalue weighted by Gasteiger charge is -2.13. The fourth-order valence-electron chi connectivity index (χ4n) is 1.68. The van der Waals surface area contributed by atoms with Crippen molar-refractivity contribution in [3.8, 4) is 0 Å². The summed E-state index contributed by atoms with van der Waals surface area (Å²) in [6.45, 7) is 0. The van der Waals surface area contributed by atoms with Gasteiger partial charge in [-0.25, -0.2) is 4.39 Å². The van der Waals surface area contributed by atoms with Crippen molar-refractivity contribution in [2.24, 2.45) is 0 Å². The molecule has 6 heteroatoms. The van der Waals surface area contributed by atoms with Crippen LogP contribution in [-0.4, -0.2) is 10.1 Å². The van der Waals surface area contributed by atoms with Crippen molar-refractivity contribution in [2.45, 2.75) is 12.5 Å². The molecule has 0 saturated heterocycles. The molecular formula is C13H9Br2ClFNO. The number of hydrogen-bond donors (Lipinski definition) is 1. The van der Waals surface area contributed by atoms with E-state index in [1.807, 2.05) is 0 Å². The highest BCUT2D eigenvalue weighted by Gasteiger charge is 2.16. The number of aliphatic hydroxyl groups is 1. The molecule has 1 aromatic heterocycles. The number of aliphatic hydroxyl groups excluding tert-OH is 1. The number of aromatic nitrogens is 1. The number of hydrogen-bond acceptors (Lipinski definition) is 2. The summed E-state index contributed by atoms with van der Waals surface area (Å²) >= 11 is 12.6. The van der Waals surface area contributed by atoms with Gasteiger partial charge < -0.3 is 5.11 Å². The number of rotatable bonds is 3. The molecule has 2 rings (SSSR count). The molecule has 0 aliphatic rings. The Bertz CT molecular complexity index is 609. The molecule has 0 spiro atoms. The standard InChI is InChI=1S/C13H9Br2ClFNO/c14-8-5-10(15)13(18-6-8)12(19)4-7-3-9(17)1-2-11(7)16/h1-3,5-6,12,19H,4H2. The van der Waals surface area contributed by atoms with Gasteiger partial charge in [-0.15, -0.1) is 0 Å². The summed E-state index contributed by atoms with van der Waals surface area (Å²) in [6.07, 6.45) is 0.933. The van der Waals surface area contributed by atoms with E-state index >= 15 is 0 Å². The van der Waals surface area contributed by atoms with Gasteiger partial charge in [0.15, 0.2) is 0 Å². The van der Waals surface area contributed by atoms with E-state index in [4.69, 9.17) is 11.6 Å². The molecule has 0 saturated carbocycles. The molecule has 1 atom stereocenters. The van der Waals surface area contributed by atoms with Crippen molar-refractivity contribution in [3.05, 3.63) is 61.5 Å². The third-order valence-electron chi connectivity index (χ3n) is 2.57. The van der Waals surface area contributed by atoms with Crippen LogP contribution in [0.15, 0.2) is 39.4 Å². The van der Waals surface area contributed by atoms with Gasteiger partial charge in [-0.05, 0) is 61.7 Å². The third-order valence-corrected chi connectivity index (χ3v) is 4.01. The quantitative estimate of drug-likeness (QED) is 0.799. The molecule has 0 fully saturated rings. The minimum Gasteiger partial charge on any atom is -0.386 e. The van der Waals surface area contributed by atoms with Gasteiger partial charge in [-0.3, -0.25) is 4.98 Å². The average molecular weight is 409 g/mol. The molecule has 0 aliphatic heterocycles. The predicted molar refractivity (Wildman–Crippen MR) is 79.7 cm³/mol. The summed E-state index contributed by atoms with van der Waals surface area (Å²) < 4.78 is 14.6. The Morgan fingerprint density at radius 3 is 2.74 bits per heavy atom. The highest BCUT2D eigenvalue weighted by atomic mass is 79.9. The smallest absolute Gasteiger partial charge is 0.123 e. The van der Waals surface area contributed by atoms with Crippen LogP contribution >= 0.6 is 43.5 Å². The van der Waals surface area contributed by atoms with Gasteiger partial charge in [-0.1, -0.05) is 11.6 Å². The summed E-state index contributed by atoms with van der Waals surface area (Å²) in [6, 6.07) is 5.87. The Morgan fingerprint density at radius 1 is 1.32 bits per heavy atom. The normalized spacial score (nSPS) is 12.5. The van der Waals surface area contributed by atoms with E-state index in [1.165, 1.54) is 18.2 Å². The Hall–Kier alpha value is -0.490. The van der Waals surface area contributed by atoms with E-state index in [-0.39, 0.29) is 12.2 Å². The van der Waals surface area contributed by atoms with Gasteiger partial charge in [-0.2, -0.15) is 0 Å². The maximum absolute atomic E-state index is 13.2. The molecule has 0 radical (unpaired) electrons. The Labute approximate surface area is 131 Å². The van der Waals surface area contributed by atoms with Crippen molar-refractivity contribution < 1.29 is 9.50 Å². The molecular weight excluding hydrogens is 400 g/mol. The van der Waals surface area contributed by atoms with Crippen molar-refractivity contribution in [1.29, 1.82) is 0 Å². The van der Waals surface area contributed by atoms with E-state index in [2.05, 4.69) is 36.8 Å². The maximum Gasteiger partial charge on any atom is 0.123 e. The predicted octanol–water partition coefficient (Wildman–Crippen LogP) is 4.68. The van der Waals surface area contributed by atoms with Gasteiger partial charge in [0.25, 0.3) is 0 Å². The van der Waals surface area contributed by atoms with E-state index in [0.717, 1.165) is 4.47 Å². The third kappa shape index (κ3) is 3.75. The molecule has 1 N–H and O–H groups in total. The van der Waals surface area contributed by atoms with Crippen LogP contribution in [0.25, 0.3) is 0 Å². The number of benzene rings is 1. The molecule has 0 bridgehead atoms. The van der Waals surface area contributed by atoms with Crippen LogP contribution in [0.2, 0.25) is 5.02 Å². The van der Waals surface area contributed by atoms with E-state index in [9.17, 15) is 9.50 Å². The zero-order valence-corrected chi connectivity index (χ0v) is 13.5. The molecule has 0 aliphatic carbocycles. The fraction of sp³-hybridized carbons (Fsp3) is 0.154. The zero-order valence-electron chi connectivity index (χ0n) is 9.58. The average Bonchev–Trinajstić information content (AvgIpc) is 2.33. The molecule has 1 unspecified atom stereocenters. The molecule has 1 aromatic carbocycles. The number of pyridine rings is 1. The van der Waals surface area contributed by atoms with Crippen LogP contribution in [-0.2, 0) is 6.42 Å². The molecule has 2 nitrogen and oxygen atoms in total. The zero-order chi connectivity index (χ0) is 14.0. The summed E-state index contributed by atoms with van der Waals surface area (Å²) in [5, 5.41) is 10.6. The second-order valence-electron chi connectivity index (χ2n) is 3.98. The Morgan fingerprint density at radius 2 is 2.05 bits per heavy atom.